The van der Waals surface area contributed by atoms with Crippen LogP contribution in [0.3, 0.4) is 0 Å². The lowest BCUT2D eigenvalue weighted by Gasteiger charge is -2.09. The first-order valence-electron chi connectivity index (χ1n) is 6.00. The molecule has 0 bridgehead atoms. The van der Waals surface area contributed by atoms with Gasteiger partial charge in [0.05, 0.1) is 7.11 Å². The Morgan fingerprint density at radius 1 is 1.10 bits per heavy atom. The second kappa shape index (κ2) is 6.19. The molecule has 1 N–H and O–H groups in total. The average molecular weight is 313 g/mol. The van der Waals surface area contributed by atoms with Crippen LogP contribution in [-0.2, 0) is 16.6 Å². The largest absolute Gasteiger partial charge is 0.497 e. The van der Waals surface area contributed by atoms with Gasteiger partial charge in [-0.25, -0.2) is 21.9 Å². The standard InChI is InChI=1S/C14H13F2NO3S/c1-20-11-5-2-4-10(8-11)9-17-21(18,19)14-12(15)6-3-7-13(14)16/h2-8,17H,9H2,1H3. The Kier molecular flexibility index (Phi) is 4.54. The molecule has 0 amide bonds. The lowest BCUT2D eigenvalue weighted by molar-refractivity contribution is 0.414. The molecule has 0 atom stereocenters. The third kappa shape index (κ3) is 3.56. The Labute approximate surface area is 121 Å². The fourth-order valence-corrected chi connectivity index (χ4v) is 2.92. The molecule has 0 radical (unpaired) electrons. The molecule has 2 aromatic carbocycles. The fourth-order valence-electron chi connectivity index (χ4n) is 1.77. The van der Waals surface area contributed by atoms with Crippen LogP contribution in [-0.4, -0.2) is 15.5 Å². The molecular weight excluding hydrogens is 300 g/mol. The number of rotatable bonds is 5. The van der Waals surface area contributed by atoms with E-state index in [1.54, 1.807) is 24.3 Å². The van der Waals surface area contributed by atoms with Gasteiger partial charge < -0.3 is 4.74 Å². The van der Waals surface area contributed by atoms with E-state index in [9.17, 15) is 17.2 Å². The van der Waals surface area contributed by atoms with Crippen LogP contribution >= 0.6 is 0 Å². The first-order chi connectivity index (χ1) is 9.94. The monoisotopic (exact) mass is 313 g/mol. The van der Waals surface area contributed by atoms with Crippen molar-refractivity contribution in [1.29, 1.82) is 0 Å². The van der Waals surface area contributed by atoms with Gasteiger partial charge in [-0.05, 0) is 29.8 Å². The van der Waals surface area contributed by atoms with Crippen molar-refractivity contribution in [2.75, 3.05) is 7.11 Å². The highest BCUT2D eigenvalue weighted by molar-refractivity contribution is 7.89. The topological polar surface area (TPSA) is 55.4 Å². The van der Waals surface area contributed by atoms with Gasteiger partial charge in [0.25, 0.3) is 0 Å². The summed E-state index contributed by atoms with van der Waals surface area (Å²) < 4.78 is 58.2. The van der Waals surface area contributed by atoms with E-state index in [0.29, 0.717) is 11.3 Å². The van der Waals surface area contributed by atoms with Crippen molar-refractivity contribution >= 4 is 10.0 Å². The minimum atomic E-state index is -4.28. The summed E-state index contributed by atoms with van der Waals surface area (Å²) in [5.41, 5.74) is 0.606. The number of sulfonamides is 1. The number of halogens is 2. The molecule has 2 rings (SSSR count). The van der Waals surface area contributed by atoms with Crippen LogP contribution in [0, 0.1) is 11.6 Å². The molecule has 0 aliphatic rings. The van der Waals surface area contributed by atoms with Gasteiger partial charge in [0.15, 0.2) is 4.90 Å². The maximum absolute atomic E-state index is 13.5. The Hall–Kier alpha value is -1.99. The van der Waals surface area contributed by atoms with Gasteiger partial charge in [-0.1, -0.05) is 18.2 Å². The zero-order chi connectivity index (χ0) is 15.5. The predicted molar refractivity (Wildman–Crippen MR) is 73.4 cm³/mol. The van der Waals surface area contributed by atoms with E-state index in [2.05, 4.69) is 4.72 Å². The van der Waals surface area contributed by atoms with Crippen LogP contribution < -0.4 is 9.46 Å². The molecule has 21 heavy (non-hydrogen) atoms. The van der Waals surface area contributed by atoms with Crippen LogP contribution in [0.1, 0.15) is 5.56 Å². The quantitative estimate of drug-likeness (QED) is 0.922. The van der Waals surface area contributed by atoms with Gasteiger partial charge in [-0.2, -0.15) is 0 Å². The molecule has 4 nitrogen and oxygen atoms in total. The summed E-state index contributed by atoms with van der Waals surface area (Å²) in [5, 5.41) is 0. The number of methoxy groups -OCH3 is 1. The maximum atomic E-state index is 13.5. The Morgan fingerprint density at radius 2 is 1.71 bits per heavy atom. The number of benzene rings is 2. The van der Waals surface area contributed by atoms with Crippen molar-refractivity contribution < 1.29 is 21.9 Å². The van der Waals surface area contributed by atoms with Crippen molar-refractivity contribution in [2.24, 2.45) is 0 Å². The van der Waals surface area contributed by atoms with E-state index in [0.717, 1.165) is 18.2 Å². The van der Waals surface area contributed by atoms with Crippen LogP contribution in [0.25, 0.3) is 0 Å². The molecule has 0 fully saturated rings. The first-order valence-corrected chi connectivity index (χ1v) is 7.49. The van der Waals surface area contributed by atoms with Crippen LogP contribution in [0.5, 0.6) is 5.75 Å². The Balaban J connectivity index is 2.22. The smallest absolute Gasteiger partial charge is 0.246 e. The molecule has 7 heteroatoms. The molecule has 0 aliphatic heterocycles. The molecule has 0 heterocycles. The van der Waals surface area contributed by atoms with Gasteiger partial charge in [-0.15, -0.1) is 0 Å². The van der Waals surface area contributed by atoms with Crippen LogP contribution in [0.2, 0.25) is 0 Å². The molecular formula is C14H13F2NO3S. The van der Waals surface area contributed by atoms with Crippen LogP contribution in [0.4, 0.5) is 8.78 Å². The fraction of sp³-hybridized carbons (Fsp3) is 0.143. The van der Waals surface area contributed by atoms with E-state index in [1.165, 1.54) is 7.11 Å². The maximum Gasteiger partial charge on any atom is 0.246 e. The third-order valence-corrected chi connectivity index (χ3v) is 4.24. The van der Waals surface area contributed by atoms with E-state index in [1.807, 2.05) is 0 Å². The minimum Gasteiger partial charge on any atom is -0.497 e. The molecule has 2 aromatic rings. The van der Waals surface area contributed by atoms with Crippen LogP contribution in [0.15, 0.2) is 47.4 Å². The zero-order valence-corrected chi connectivity index (χ0v) is 12.0. The molecule has 0 saturated carbocycles. The van der Waals surface area contributed by atoms with Gasteiger partial charge in [0.2, 0.25) is 10.0 Å². The summed E-state index contributed by atoms with van der Waals surface area (Å²) in [7, 11) is -2.80. The summed E-state index contributed by atoms with van der Waals surface area (Å²) in [6.45, 7) is -0.104. The number of nitrogens with one attached hydrogen (secondary N) is 1. The molecule has 0 aromatic heterocycles. The molecule has 0 spiro atoms. The summed E-state index contributed by atoms with van der Waals surface area (Å²) in [6, 6.07) is 9.57. The summed E-state index contributed by atoms with van der Waals surface area (Å²) in [6.07, 6.45) is 0. The van der Waals surface area contributed by atoms with E-state index < -0.39 is 26.6 Å². The normalized spacial score (nSPS) is 11.4. The van der Waals surface area contributed by atoms with Gasteiger partial charge in [0, 0.05) is 6.54 Å². The average Bonchev–Trinajstić information content (AvgIpc) is 2.45. The minimum absolute atomic E-state index is 0.104. The summed E-state index contributed by atoms with van der Waals surface area (Å²) in [5.74, 6) is -1.70. The second-order valence-electron chi connectivity index (χ2n) is 4.23. The molecule has 0 aliphatic carbocycles. The lowest BCUT2D eigenvalue weighted by atomic mass is 10.2. The second-order valence-corrected chi connectivity index (χ2v) is 5.93. The number of hydrogen-bond acceptors (Lipinski definition) is 3. The lowest BCUT2D eigenvalue weighted by Crippen LogP contribution is -2.25. The van der Waals surface area contributed by atoms with Crippen molar-refractivity contribution in [3.05, 3.63) is 59.7 Å². The highest BCUT2D eigenvalue weighted by atomic mass is 32.2. The predicted octanol–water partition coefficient (Wildman–Crippen LogP) is 2.45. The molecule has 0 unspecified atom stereocenters. The highest BCUT2D eigenvalue weighted by Crippen LogP contribution is 2.19. The zero-order valence-electron chi connectivity index (χ0n) is 11.1. The van der Waals surface area contributed by atoms with E-state index >= 15 is 0 Å². The van der Waals surface area contributed by atoms with Gasteiger partial charge >= 0.3 is 0 Å². The van der Waals surface area contributed by atoms with Crippen molar-refractivity contribution in [1.82, 2.24) is 4.72 Å². The molecule has 112 valence electrons. The highest BCUT2D eigenvalue weighted by Gasteiger charge is 2.23. The summed E-state index contributed by atoms with van der Waals surface area (Å²) in [4.78, 5) is -0.979. The van der Waals surface area contributed by atoms with Gasteiger partial charge in [-0.3, -0.25) is 0 Å². The van der Waals surface area contributed by atoms with Crippen molar-refractivity contribution in [3.8, 4) is 5.75 Å². The Morgan fingerprint density at radius 3 is 2.33 bits per heavy atom. The number of hydrogen-bond donors (Lipinski definition) is 1. The number of ether oxygens (including phenoxy) is 1. The SMILES string of the molecule is COc1cccc(CNS(=O)(=O)c2c(F)cccc2F)c1. The van der Waals surface area contributed by atoms with E-state index in [-0.39, 0.29) is 6.54 Å². The molecule has 0 saturated heterocycles. The Bertz CT molecular complexity index is 727. The first kappa shape index (κ1) is 15.4. The summed E-state index contributed by atoms with van der Waals surface area (Å²) >= 11 is 0. The van der Waals surface area contributed by atoms with Gasteiger partial charge in [0.1, 0.15) is 17.4 Å². The third-order valence-electron chi connectivity index (χ3n) is 2.79. The van der Waals surface area contributed by atoms with Crippen molar-refractivity contribution in [2.45, 2.75) is 11.4 Å². The van der Waals surface area contributed by atoms with E-state index in [4.69, 9.17) is 4.74 Å². The van der Waals surface area contributed by atoms with Crippen molar-refractivity contribution in [3.63, 3.8) is 0 Å².